The van der Waals surface area contributed by atoms with E-state index in [9.17, 15) is 0 Å². The van der Waals surface area contributed by atoms with Gasteiger partial charge in [0.05, 0.1) is 6.10 Å². The third-order valence-electron chi connectivity index (χ3n) is 3.74. The van der Waals surface area contributed by atoms with Crippen molar-refractivity contribution < 1.29 is 4.74 Å². The van der Waals surface area contributed by atoms with Gasteiger partial charge in [-0.25, -0.2) is 0 Å². The Kier molecular flexibility index (Phi) is 4.04. The van der Waals surface area contributed by atoms with Crippen LogP contribution in [0.25, 0.3) is 0 Å². The van der Waals surface area contributed by atoms with E-state index in [4.69, 9.17) is 4.74 Å². The van der Waals surface area contributed by atoms with Crippen molar-refractivity contribution in [2.75, 3.05) is 6.61 Å². The SMILES string of the molecule is CCC(NC(C)CC1CC1)C1CCCO1. The van der Waals surface area contributed by atoms with Gasteiger partial charge in [-0.1, -0.05) is 19.8 Å². The molecule has 0 radical (unpaired) electrons. The van der Waals surface area contributed by atoms with Crippen LogP contribution >= 0.6 is 0 Å². The Hall–Kier alpha value is -0.0800. The monoisotopic (exact) mass is 211 g/mol. The highest BCUT2D eigenvalue weighted by Crippen LogP contribution is 2.33. The Labute approximate surface area is 93.8 Å². The summed E-state index contributed by atoms with van der Waals surface area (Å²) in [6.45, 7) is 5.57. The molecule has 0 aromatic heterocycles. The molecule has 0 spiro atoms. The van der Waals surface area contributed by atoms with Crippen molar-refractivity contribution in [1.82, 2.24) is 5.32 Å². The zero-order valence-corrected chi connectivity index (χ0v) is 10.2. The zero-order chi connectivity index (χ0) is 10.7. The zero-order valence-electron chi connectivity index (χ0n) is 10.2. The van der Waals surface area contributed by atoms with Crippen molar-refractivity contribution in [2.45, 2.75) is 70.6 Å². The van der Waals surface area contributed by atoms with Gasteiger partial charge in [0.2, 0.25) is 0 Å². The smallest absolute Gasteiger partial charge is 0.0728 e. The minimum Gasteiger partial charge on any atom is -0.377 e. The average molecular weight is 211 g/mol. The molecule has 2 heteroatoms. The van der Waals surface area contributed by atoms with E-state index in [1.807, 2.05) is 0 Å². The molecule has 3 atom stereocenters. The van der Waals surface area contributed by atoms with Gasteiger partial charge >= 0.3 is 0 Å². The lowest BCUT2D eigenvalue weighted by molar-refractivity contribution is 0.0728. The van der Waals surface area contributed by atoms with Gasteiger partial charge in [-0.05, 0) is 38.5 Å². The fraction of sp³-hybridized carbons (Fsp3) is 1.00. The van der Waals surface area contributed by atoms with Crippen LogP contribution in [0.15, 0.2) is 0 Å². The topological polar surface area (TPSA) is 21.3 Å². The molecule has 3 unspecified atom stereocenters. The van der Waals surface area contributed by atoms with E-state index < -0.39 is 0 Å². The first kappa shape index (κ1) is 11.4. The number of rotatable bonds is 6. The fourth-order valence-electron chi connectivity index (χ4n) is 2.70. The van der Waals surface area contributed by atoms with Crippen LogP contribution in [0.3, 0.4) is 0 Å². The summed E-state index contributed by atoms with van der Waals surface area (Å²) >= 11 is 0. The quantitative estimate of drug-likeness (QED) is 0.729. The largest absolute Gasteiger partial charge is 0.377 e. The summed E-state index contributed by atoms with van der Waals surface area (Å²) in [7, 11) is 0. The van der Waals surface area contributed by atoms with Crippen LogP contribution in [-0.4, -0.2) is 24.8 Å². The van der Waals surface area contributed by atoms with E-state index in [-0.39, 0.29) is 0 Å². The van der Waals surface area contributed by atoms with E-state index in [0.717, 1.165) is 12.5 Å². The van der Waals surface area contributed by atoms with Gasteiger partial charge in [0.15, 0.2) is 0 Å². The first-order chi connectivity index (χ1) is 7.29. The van der Waals surface area contributed by atoms with E-state index in [1.165, 1.54) is 38.5 Å². The van der Waals surface area contributed by atoms with Crippen LogP contribution in [0.5, 0.6) is 0 Å². The first-order valence-corrected chi connectivity index (χ1v) is 6.67. The molecule has 15 heavy (non-hydrogen) atoms. The van der Waals surface area contributed by atoms with Crippen molar-refractivity contribution in [2.24, 2.45) is 5.92 Å². The third kappa shape index (κ3) is 3.46. The van der Waals surface area contributed by atoms with Crippen LogP contribution in [0.2, 0.25) is 0 Å². The van der Waals surface area contributed by atoms with Crippen molar-refractivity contribution in [3.05, 3.63) is 0 Å². The molecule has 1 aliphatic heterocycles. The van der Waals surface area contributed by atoms with Crippen LogP contribution in [0.1, 0.15) is 52.4 Å². The van der Waals surface area contributed by atoms with Crippen molar-refractivity contribution in [1.29, 1.82) is 0 Å². The predicted octanol–water partition coefficient (Wildman–Crippen LogP) is 2.72. The normalized spacial score (nSPS) is 30.4. The van der Waals surface area contributed by atoms with E-state index in [2.05, 4.69) is 19.2 Å². The number of ether oxygens (including phenoxy) is 1. The van der Waals surface area contributed by atoms with E-state index >= 15 is 0 Å². The van der Waals surface area contributed by atoms with Crippen molar-refractivity contribution >= 4 is 0 Å². The highest BCUT2D eigenvalue weighted by atomic mass is 16.5. The molecule has 2 nitrogen and oxygen atoms in total. The van der Waals surface area contributed by atoms with Gasteiger partial charge in [0.25, 0.3) is 0 Å². The van der Waals surface area contributed by atoms with Gasteiger partial charge in [-0.15, -0.1) is 0 Å². The maximum Gasteiger partial charge on any atom is 0.0728 e. The lowest BCUT2D eigenvalue weighted by Gasteiger charge is -2.26. The standard InChI is InChI=1S/C13H25NO/c1-3-12(13-5-4-8-15-13)14-10(2)9-11-6-7-11/h10-14H,3-9H2,1-2H3. The molecule has 1 N–H and O–H groups in total. The molecular weight excluding hydrogens is 186 g/mol. The van der Waals surface area contributed by atoms with Gasteiger partial charge in [0, 0.05) is 18.7 Å². The fourth-order valence-corrected chi connectivity index (χ4v) is 2.70. The molecule has 2 aliphatic rings. The number of nitrogens with one attached hydrogen (secondary N) is 1. The average Bonchev–Trinajstić information content (AvgIpc) is 2.86. The number of hydrogen-bond acceptors (Lipinski definition) is 2. The Bertz CT molecular complexity index is 185. The summed E-state index contributed by atoms with van der Waals surface area (Å²) in [6.07, 6.45) is 8.47. The predicted molar refractivity (Wildman–Crippen MR) is 63.0 cm³/mol. The second kappa shape index (κ2) is 5.31. The minimum atomic E-state index is 0.483. The van der Waals surface area contributed by atoms with Crippen molar-refractivity contribution in [3.63, 3.8) is 0 Å². The molecule has 2 rings (SSSR count). The summed E-state index contributed by atoms with van der Waals surface area (Å²) in [6, 6.07) is 1.26. The van der Waals surface area contributed by atoms with Gasteiger partial charge in [0.1, 0.15) is 0 Å². The molecule has 1 heterocycles. The molecule has 1 aliphatic carbocycles. The number of hydrogen-bond donors (Lipinski definition) is 1. The molecular formula is C13H25NO. The maximum absolute atomic E-state index is 5.76. The maximum atomic E-state index is 5.76. The van der Waals surface area contributed by atoms with E-state index in [0.29, 0.717) is 18.2 Å². The minimum absolute atomic E-state index is 0.483. The Morgan fingerprint density at radius 3 is 2.67 bits per heavy atom. The summed E-state index contributed by atoms with van der Waals surface area (Å²) in [5.74, 6) is 1.02. The second-order valence-electron chi connectivity index (χ2n) is 5.31. The van der Waals surface area contributed by atoms with Gasteiger partial charge in [-0.2, -0.15) is 0 Å². The summed E-state index contributed by atoms with van der Waals surface area (Å²) in [4.78, 5) is 0. The molecule has 88 valence electrons. The molecule has 0 aromatic carbocycles. The molecule has 0 aromatic rings. The Balaban J connectivity index is 1.72. The van der Waals surface area contributed by atoms with Crippen LogP contribution < -0.4 is 5.32 Å². The molecule has 2 fully saturated rings. The summed E-state index contributed by atoms with van der Waals surface area (Å²) in [5.41, 5.74) is 0. The lowest BCUT2D eigenvalue weighted by atomic mass is 10.0. The highest BCUT2D eigenvalue weighted by molar-refractivity contribution is 4.84. The Morgan fingerprint density at radius 1 is 1.33 bits per heavy atom. The van der Waals surface area contributed by atoms with Crippen molar-refractivity contribution in [3.8, 4) is 0 Å². The van der Waals surface area contributed by atoms with Gasteiger partial charge in [-0.3, -0.25) is 0 Å². The van der Waals surface area contributed by atoms with E-state index in [1.54, 1.807) is 0 Å². The molecule has 0 amide bonds. The Morgan fingerprint density at radius 2 is 2.13 bits per heavy atom. The lowest BCUT2D eigenvalue weighted by Crippen LogP contribution is -2.44. The van der Waals surface area contributed by atoms with Crippen LogP contribution in [-0.2, 0) is 4.74 Å². The van der Waals surface area contributed by atoms with Gasteiger partial charge < -0.3 is 10.1 Å². The molecule has 0 bridgehead atoms. The first-order valence-electron chi connectivity index (χ1n) is 6.67. The van der Waals surface area contributed by atoms with Crippen LogP contribution in [0, 0.1) is 5.92 Å². The third-order valence-corrected chi connectivity index (χ3v) is 3.74. The molecule has 1 saturated carbocycles. The summed E-state index contributed by atoms with van der Waals surface area (Å²) < 4.78 is 5.76. The molecule has 1 saturated heterocycles. The summed E-state index contributed by atoms with van der Waals surface area (Å²) in [5, 5.41) is 3.75. The van der Waals surface area contributed by atoms with Crippen LogP contribution in [0.4, 0.5) is 0 Å². The highest BCUT2D eigenvalue weighted by Gasteiger charge is 2.28. The second-order valence-corrected chi connectivity index (χ2v) is 5.31.